The highest BCUT2D eigenvalue weighted by molar-refractivity contribution is 7.21. The minimum atomic E-state index is -0.508. The van der Waals surface area contributed by atoms with Gasteiger partial charge in [0.1, 0.15) is 17.2 Å². The second-order valence-corrected chi connectivity index (χ2v) is 8.68. The van der Waals surface area contributed by atoms with Gasteiger partial charge in [-0.3, -0.25) is 4.79 Å². The van der Waals surface area contributed by atoms with E-state index in [0.717, 1.165) is 15.6 Å². The standard InChI is InChI=1S/C24H17Cl2NO4S/c1-30-24(29)15-8-11-18(19(12-15)31-13-14-6-9-16(25)10-7-14)27-23(28)22-21(26)17-4-2-3-5-20(17)32-22/h2-12H,13H2,1H3,(H,27,28). The number of carbonyl (C=O) groups excluding carboxylic acids is 2. The van der Waals surface area contributed by atoms with Crippen LogP contribution in [0.4, 0.5) is 5.69 Å². The van der Waals surface area contributed by atoms with Gasteiger partial charge in [0, 0.05) is 15.1 Å². The number of carbonyl (C=O) groups is 2. The molecule has 0 aliphatic heterocycles. The van der Waals surface area contributed by atoms with Gasteiger partial charge in [0.15, 0.2) is 0 Å². The maximum atomic E-state index is 13.0. The Hall–Kier alpha value is -3.06. The summed E-state index contributed by atoms with van der Waals surface area (Å²) in [4.78, 5) is 25.4. The van der Waals surface area contributed by atoms with Crippen LogP contribution in [0.25, 0.3) is 10.1 Å². The highest BCUT2D eigenvalue weighted by Gasteiger charge is 2.19. The molecule has 0 radical (unpaired) electrons. The van der Waals surface area contributed by atoms with Gasteiger partial charge < -0.3 is 14.8 Å². The van der Waals surface area contributed by atoms with Crippen molar-refractivity contribution in [1.29, 1.82) is 0 Å². The molecule has 0 spiro atoms. The molecule has 1 N–H and O–H groups in total. The second-order valence-electron chi connectivity index (χ2n) is 6.81. The molecule has 162 valence electrons. The Labute approximate surface area is 198 Å². The smallest absolute Gasteiger partial charge is 0.337 e. The maximum absolute atomic E-state index is 13.0. The zero-order valence-corrected chi connectivity index (χ0v) is 19.2. The number of fused-ring (bicyclic) bond motifs is 1. The molecule has 4 rings (SSSR count). The van der Waals surface area contributed by atoms with Crippen molar-refractivity contribution in [3.05, 3.63) is 92.8 Å². The number of hydrogen-bond acceptors (Lipinski definition) is 5. The maximum Gasteiger partial charge on any atom is 0.337 e. The number of ether oxygens (including phenoxy) is 2. The number of methoxy groups -OCH3 is 1. The first-order valence-electron chi connectivity index (χ1n) is 9.54. The molecule has 5 nitrogen and oxygen atoms in total. The molecule has 0 unspecified atom stereocenters. The van der Waals surface area contributed by atoms with Gasteiger partial charge in [-0.05, 0) is 42.0 Å². The highest BCUT2D eigenvalue weighted by atomic mass is 35.5. The topological polar surface area (TPSA) is 64.6 Å². The van der Waals surface area contributed by atoms with Crippen LogP contribution in [0.3, 0.4) is 0 Å². The number of halogens is 2. The lowest BCUT2D eigenvalue weighted by Gasteiger charge is -2.14. The number of amides is 1. The van der Waals surface area contributed by atoms with E-state index in [9.17, 15) is 9.59 Å². The number of benzene rings is 3. The molecule has 3 aromatic carbocycles. The fourth-order valence-corrected chi connectivity index (χ4v) is 4.61. The summed E-state index contributed by atoms with van der Waals surface area (Å²) in [6.45, 7) is 0.217. The molecule has 0 aliphatic rings. The van der Waals surface area contributed by atoms with Crippen LogP contribution >= 0.6 is 34.5 Å². The average Bonchev–Trinajstić information content (AvgIpc) is 3.15. The molecule has 1 amide bonds. The third-order valence-corrected chi connectivity index (χ3v) is 6.63. The van der Waals surface area contributed by atoms with E-state index in [0.29, 0.717) is 31.9 Å². The van der Waals surface area contributed by atoms with Crippen LogP contribution in [0.15, 0.2) is 66.7 Å². The first-order valence-corrected chi connectivity index (χ1v) is 11.1. The van der Waals surface area contributed by atoms with Crippen LogP contribution in [0.5, 0.6) is 5.75 Å². The fraction of sp³-hybridized carbons (Fsp3) is 0.0833. The van der Waals surface area contributed by atoms with Crippen molar-refractivity contribution in [3.8, 4) is 5.75 Å². The predicted octanol–water partition coefficient (Wildman–Crippen LogP) is 6.83. The van der Waals surface area contributed by atoms with Crippen molar-refractivity contribution in [2.45, 2.75) is 6.61 Å². The summed E-state index contributed by atoms with van der Waals surface area (Å²) in [5, 5.41) is 4.69. The van der Waals surface area contributed by atoms with Crippen LogP contribution in [0.1, 0.15) is 25.6 Å². The minimum Gasteiger partial charge on any atom is -0.487 e. The molecule has 1 heterocycles. The number of anilines is 1. The minimum absolute atomic E-state index is 0.217. The van der Waals surface area contributed by atoms with E-state index in [1.807, 2.05) is 36.4 Å². The van der Waals surface area contributed by atoms with Gasteiger partial charge >= 0.3 is 5.97 Å². The normalized spacial score (nSPS) is 10.7. The lowest BCUT2D eigenvalue weighted by molar-refractivity contribution is 0.0600. The first-order chi connectivity index (χ1) is 15.5. The van der Waals surface area contributed by atoms with Gasteiger partial charge in [-0.25, -0.2) is 4.79 Å². The summed E-state index contributed by atoms with van der Waals surface area (Å²) in [6.07, 6.45) is 0. The van der Waals surface area contributed by atoms with Gasteiger partial charge in [0.25, 0.3) is 5.91 Å². The van der Waals surface area contributed by atoms with E-state index in [1.165, 1.54) is 24.5 Å². The van der Waals surface area contributed by atoms with Crippen molar-refractivity contribution < 1.29 is 19.1 Å². The number of rotatable bonds is 6. The Bertz CT molecular complexity index is 1300. The number of hydrogen-bond donors (Lipinski definition) is 1. The predicted molar refractivity (Wildman–Crippen MR) is 128 cm³/mol. The molecular formula is C24H17Cl2NO4S. The average molecular weight is 486 g/mol. The number of esters is 1. The largest absolute Gasteiger partial charge is 0.487 e. The third kappa shape index (κ3) is 4.72. The molecule has 0 atom stereocenters. The van der Waals surface area contributed by atoms with Crippen LogP contribution < -0.4 is 10.1 Å². The Morgan fingerprint density at radius 1 is 1.00 bits per heavy atom. The molecule has 0 saturated heterocycles. The lowest BCUT2D eigenvalue weighted by Crippen LogP contribution is -2.13. The zero-order valence-electron chi connectivity index (χ0n) is 16.9. The van der Waals surface area contributed by atoms with Gasteiger partial charge in [-0.15, -0.1) is 11.3 Å². The summed E-state index contributed by atoms with van der Waals surface area (Å²) in [6, 6.07) is 19.4. The fourth-order valence-electron chi connectivity index (χ4n) is 3.07. The molecular weight excluding hydrogens is 469 g/mol. The zero-order chi connectivity index (χ0) is 22.7. The van der Waals surface area contributed by atoms with Crippen LogP contribution in [0.2, 0.25) is 10.0 Å². The number of nitrogens with one attached hydrogen (secondary N) is 1. The second kappa shape index (κ2) is 9.61. The molecule has 0 fully saturated rings. The summed E-state index contributed by atoms with van der Waals surface area (Å²) in [5.41, 5.74) is 1.59. The Balaban J connectivity index is 1.62. The van der Waals surface area contributed by atoms with E-state index in [1.54, 1.807) is 24.3 Å². The molecule has 1 aromatic heterocycles. The Morgan fingerprint density at radius 2 is 1.75 bits per heavy atom. The van der Waals surface area contributed by atoms with Crippen molar-refractivity contribution in [3.63, 3.8) is 0 Å². The molecule has 32 heavy (non-hydrogen) atoms. The van der Waals surface area contributed by atoms with E-state index < -0.39 is 5.97 Å². The monoisotopic (exact) mass is 485 g/mol. The van der Waals surface area contributed by atoms with Crippen molar-refractivity contribution in [2.24, 2.45) is 0 Å². The van der Waals surface area contributed by atoms with E-state index in [-0.39, 0.29) is 12.5 Å². The summed E-state index contributed by atoms with van der Waals surface area (Å²) in [5.74, 6) is -0.543. The number of thiophene rings is 1. The van der Waals surface area contributed by atoms with Crippen molar-refractivity contribution in [1.82, 2.24) is 0 Å². The quantitative estimate of drug-likeness (QED) is 0.304. The van der Waals surface area contributed by atoms with Gasteiger partial charge in [-0.2, -0.15) is 0 Å². The van der Waals surface area contributed by atoms with Gasteiger partial charge in [0.2, 0.25) is 0 Å². The van der Waals surface area contributed by atoms with Gasteiger partial charge in [0.05, 0.1) is 23.4 Å². The van der Waals surface area contributed by atoms with Crippen LogP contribution in [-0.2, 0) is 11.3 Å². The van der Waals surface area contributed by atoms with Crippen LogP contribution in [0, 0.1) is 0 Å². The molecule has 0 saturated carbocycles. The van der Waals surface area contributed by atoms with Crippen molar-refractivity contribution >= 4 is 62.2 Å². The lowest BCUT2D eigenvalue weighted by atomic mass is 10.1. The van der Waals surface area contributed by atoms with E-state index >= 15 is 0 Å². The first kappa shape index (κ1) is 22.1. The molecule has 4 aromatic rings. The molecule has 0 bridgehead atoms. The Kier molecular flexibility index (Phi) is 6.65. The van der Waals surface area contributed by atoms with Crippen molar-refractivity contribution in [2.75, 3.05) is 12.4 Å². The van der Waals surface area contributed by atoms with E-state index in [4.69, 9.17) is 32.7 Å². The molecule has 0 aliphatic carbocycles. The molecule has 8 heteroatoms. The highest BCUT2D eigenvalue weighted by Crippen LogP contribution is 2.36. The third-order valence-electron chi connectivity index (χ3n) is 4.70. The summed E-state index contributed by atoms with van der Waals surface area (Å²) < 4.78 is 11.6. The van der Waals surface area contributed by atoms with Gasteiger partial charge in [-0.1, -0.05) is 53.5 Å². The van der Waals surface area contributed by atoms with E-state index in [2.05, 4.69) is 5.32 Å². The SMILES string of the molecule is COC(=O)c1ccc(NC(=O)c2sc3ccccc3c2Cl)c(OCc2ccc(Cl)cc2)c1. The summed E-state index contributed by atoms with van der Waals surface area (Å²) in [7, 11) is 1.30. The summed E-state index contributed by atoms with van der Waals surface area (Å²) >= 11 is 13.7. The van der Waals surface area contributed by atoms with Crippen LogP contribution in [-0.4, -0.2) is 19.0 Å². The Morgan fingerprint density at radius 3 is 2.47 bits per heavy atom.